The van der Waals surface area contributed by atoms with E-state index < -0.39 is 11.5 Å². The first-order valence-corrected chi connectivity index (χ1v) is 14.4. The number of fused-ring (bicyclic) bond motifs is 7. The SMILES string of the molecule is CC(=O)O[C@H]1CC(C)(C)C[C@H]2C3=CCC4[C@@](C)(CCC5[C@]4(C)CC[C@H](O)[C@]5(C)CO)C3CC[C@@]12C. The van der Waals surface area contributed by atoms with Crippen molar-refractivity contribution >= 4 is 5.97 Å². The van der Waals surface area contributed by atoms with E-state index in [4.69, 9.17) is 4.74 Å². The predicted molar refractivity (Wildman–Crippen MR) is 138 cm³/mol. The molecule has 4 saturated carbocycles. The smallest absolute Gasteiger partial charge is 0.302 e. The highest BCUT2D eigenvalue weighted by molar-refractivity contribution is 5.66. The molecule has 0 aliphatic heterocycles. The summed E-state index contributed by atoms with van der Waals surface area (Å²) in [5.74, 6) is 1.89. The summed E-state index contributed by atoms with van der Waals surface area (Å²) >= 11 is 0. The lowest BCUT2D eigenvalue weighted by Gasteiger charge is -2.68. The Hall–Kier alpha value is -0.870. The molecule has 0 aromatic heterocycles. The number of rotatable bonds is 2. The van der Waals surface area contributed by atoms with E-state index in [1.807, 2.05) is 0 Å². The molecule has 0 aromatic carbocycles. The summed E-state index contributed by atoms with van der Waals surface area (Å²) in [4.78, 5) is 12.1. The zero-order chi connectivity index (χ0) is 25.6. The number of hydrogen-bond acceptors (Lipinski definition) is 4. The quantitative estimate of drug-likeness (QED) is 0.355. The molecule has 198 valence electrons. The first-order valence-electron chi connectivity index (χ1n) is 14.4. The molecule has 10 atom stereocenters. The Kier molecular flexibility index (Phi) is 5.94. The van der Waals surface area contributed by atoms with Gasteiger partial charge in [0.2, 0.25) is 0 Å². The zero-order valence-corrected chi connectivity index (χ0v) is 23.3. The first-order chi connectivity index (χ1) is 16.2. The monoisotopic (exact) mass is 486 g/mol. The lowest BCUT2D eigenvalue weighted by Crippen LogP contribution is -2.63. The topological polar surface area (TPSA) is 66.8 Å². The number of carbonyl (C=O) groups excluding carboxylic acids is 1. The van der Waals surface area contributed by atoms with Gasteiger partial charge in [-0.1, -0.05) is 53.2 Å². The summed E-state index contributed by atoms with van der Waals surface area (Å²) in [6, 6.07) is 0. The van der Waals surface area contributed by atoms with Crippen molar-refractivity contribution in [3.8, 4) is 0 Å². The van der Waals surface area contributed by atoms with Crippen molar-refractivity contribution < 1.29 is 19.7 Å². The van der Waals surface area contributed by atoms with Gasteiger partial charge < -0.3 is 14.9 Å². The molecule has 0 heterocycles. The van der Waals surface area contributed by atoms with Crippen molar-refractivity contribution in [3.63, 3.8) is 0 Å². The van der Waals surface area contributed by atoms with Gasteiger partial charge in [-0.05, 0) is 97.7 Å². The summed E-state index contributed by atoms with van der Waals surface area (Å²) < 4.78 is 6.03. The molecule has 5 rings (SSSR count). The molecule has 5 aliphatic rings. The third kappa shape index (κ3) is 3.55. The summed E-state index contributed by atoms with van der Waals surface area (Å²) in [5, 5.41) is 21.3. The molecule has 2 N–H and O–H groups in total. The molecule has 3 unspecified atom stereocenters. The summed E-state index contributed by atoms with van der Waals surface area (Å²) in [5.41, 5.74) is 1.88. The van der Waals surface area contributed by atoms with Crippen LogP contribution in [-0.4, -0.2) is 35.0 Å². The average Bonchev–Trinajstić information content (AvgIpc) is 2.76. The number of carbonyl (C=O) groups is 1. The van der Waals surface area contributed by atoms with Gasteiger partial charge in [-0.2, -0.15) is 0 Å². The minimum atomic E-state index is -0.400. The fourth-order valence-corrected chi connectivity index (χ4v) is 10.7. The van der Waals surface area contributed by atoms with Gasteiger partial charge in [0.05, 0.1) is 12.7 Å². The highest BCUT2D eigenvalue weighted by Gasteiger charge is 2.66. The second kappa shape index (κ2) is 8.06. The Bertz CT molecular complexity index is 908. The van der Waals surface area contributed by atoms with Crippen LogP contribution in [-0.2, 0) is 9.53 Å². The van der Waals surface area contributed by atoms with Gasteiger partial charge >= 0.3 is 5.97 Å². The molecule has 4 nitrogen and oxygen atoms in total. The number of allylic oxidation sites excluding steroid dienone is 2. The van der Waals surface area contributed by atoms with Crippen molar-refractivity contribution in [3.05, 3.63) is 11.6 Å². The van der Waals surface area contributed by atoms with E-state index in [0.29, 0.717) is 23.7 Å². The Labute approximate surface area is 213 Å². The standard InChI is InChI=1S/C31H50O4/c1-19(33)35-26-17-27(2,3)16-22-20-8-9-23-28(4,21(20)10-13-29(22,26)5)14-11-24-30(23,6)15-12-25(34)31(24,7)18-32/h8,21-26,32,34H,9-18H2,1-7H3/t21?,22-,23?,24?,25-,26-,28-,29+,30+,31+/m0/s1. The van der Waals surface area contributed by atoms with Crippen LogP contribution in [0, 0.1) is 50.7 Å². The van der Waals surface area contributed by atoms with Gasteiger partial charge in [0, 0.05) is 17.8 Å². The number of ether oxygens (including phenoxy) is 1. The van der Waals surface area contributed by atoms with Gasteiger partial charge in [0.1, 0.15) is 6.10 Å². The van der Waals surface area contributed by atoms with Crippen LogP contribution in [0.2, 0.25) is 0 Å². The maximum Gasteiger partial charge on any atom is 0.302 e. The van der Waals surface area contributed by atoms with Crippen LogP contribution >= 0.6 is 0 Å². The van der Waals surface area contributed by atoms with Crippen LogP contribution < -0.4 is 0 Å². The number of aliphatic hydroxyl groups is 2. The highest BCUT2D eigenvalue weighted by atomic mass is 16.5. The van der Waals surface area contributed by atoms with E-state index in [2.05, 4.69) is 47.6 Å². The van der Waals surface area contributed by atoms with Crippen molar-refractivity contribution in [1.29, 1.82) is 0 Å². The maximum absolute atomic E-state index is 12.1. The van der Waals surface area contributed by atoms with E-state index in [1.165, 1.54) is 19.3 Å². The summed E-state index contributed by atoms with van der Waals surface area (Å²) in [6.07, 6.45) is 11.9. The van der Waals surface area contributed by atoms with Gasteiger partial charge in [0.25, 0.3) is 0 Å². The van der Waals surface area contributed by atoms with Crippen LogP contribution in [0.15, 0.2) is 11.6 Å². The second-order valence-corrected chi connectivity index (χ2v) is 15.1. The molecule has 0 saturated heterocycles. The molecule has 0 aromatic rings. The van der Waals surface area contributed by atoms with Gasteiger partial charge in [-0.25, -0.2) is 0 Å². The molecular formula is C31H50O4. The van der Waals surface area contributed by atoms with Crippen molar-refractivity contribution in [1.82, 2.24) is 0 Å². The average molecular weight is 487 g/mol. The Morgan fingerprint density at radius 1 is 0.914 bits per heavy atom. The van der Waals surface area contributed by atoms with Crippen molar-refractivity contribution in [2.75, 3.05) is 6.61 Å². The molecule has 0 amide bonds. The van der Waals surface area contributed by atoms with E-state index >= 15 is 0 Å². The van der Waals surface area contributed by atoms with Gasteiger partial charge in [-0.15, -0.1) is 0 Å². The molecule has 5 aliphatic carbocycles. The van der Waals surface area contributed by atoms with Gasteiger partial charge in [0.15, 0.2) is 0 Å². The molecule has 35 heavy (non-hydrogen) atoms. The Morgan fingerprint density at radius 3 is 2.23 bits per heavy atom. The molecule has 0 spiro atoms. The third-order valence-electron chi connectivity index (χ3n) is 12.7. The maximum atomic E-state index is 12.1. The molecule has 0 radical (unpaired) electrons. The zero-order valence-electron chi connectivity index (χ0n) is 23.3. The van der Waals surface area contributed by atoms with Gasteiger partial charge in [-0.3, -0.25) is 4.79 Å². The minimum Gasteiger partial charge on any atom is -0.462 e. The first kappa shape index (κ1) is 25.8. The molecule has 4 fully saturated rings. The fourth-order valence-electron chi connectivity index (χ4n) is 10.7. The minimum absolute atomic E-state index is 0.000484. The number of aliphatic hydroxyl groups excluding tert-OH is 2. The van der Waals surface area contributed by atoms with Crippen LogP contribution in [0.4, 0.5) is 0 Å². The van der Waals surface area contributed by atoms with Crippen molar-refractivity contribution in [2.45, 2.75) is 118 Å². The molecule has 0 bridgehead atoms. The van der Waals surface area contributed by atoms with Crippen LogP contribution in [0.3, 0.4) is 0 Å². The Morgan fingerprint density at radius 2 is 1.57 bits per heavy atom. The third-order valence-corrected chi connectivity index (χ3v) is 12.7. The second-order valence-electron chi connectivity index (χ2n) is 15.1. The predicted octanol–water partition coefficient (Wildman–Crippen LogP) is 6.29. The fraction of sp³-hybridized carbons (Fsp3) is 0.903. The van der Waals surface area contributed by atoms with Crippen molar-refractivity contribution in [2.24, 2.45) is 50.7 Å². The van der Waals surface area contributed by atoms with E-state index in [-0.39, 0.29) is 40.3 Å². The lowest BCUT2D eigenvalue weighted by atomic mass is 9.37. The number of hydrogen-bond donors (Lipinski definition) is 2. The van der Waals surface area contributed by atoms with E-state index in [0.717, 1.165) is 38.5 Å². The number of esters is 1. The normalized spacial score (nSPS) is 52.8. The van der Waals surface area contributed by atoms with E-state index in [1.54, 1.807) is 12.5 Å². The molecule has 4 heteroatoms. The highest BCUT2D eigenvalue weighted by Crippen LogP contribution is 2.72. The van der Waals surface area contributed by atoms with Crippen LogP contribution in [0.5, 0.6) is 0 Å². The van der Waals surface area contributed by atoms with Crippen LogP contribution in [0.25, 0.3) is 0 Å². The summed E-state index contributed by atoms with van der Waals surface area (Å²) in [7, 11) is 0. The largest absolute Gasteiger partial charge is 0.462 e. The van der Waals surface area contributed by atoms with Crippen LogP contribution in [0.1, 0.15) is 106 Å². The molecular weight excluding hydrogens is 436 g/mol. The van der Waals surface area contributed by atoms with E-state index in [9.17, 15) is 15.0 Å². The Balaban J connectivity index is 1.52. The summed E-state index contributed by atoms with van der Waals surface area (Å²) in [6.45, 7) is 16.0. The lowest BCUT2D eigenvalue weighted by molar-refractivity contribution is -0.205.